The lowest BCUT2D eigenvalue weighted by Gasteiger charge is -2.15. The number of nitrogens with zero attached hydrogens (tertiary/aromatic N) is 2. The fraction of sp³-hybridized carbons (Fsp3) is 0.444. The Labute approximate surface area is 143 Å². The number of nitrogens with one attached hydrogen (secondary N) is 1. The zero-order valence-electron chi connectivity index (χ0n) is 12.5. The van der Waals surface area contributed by atoms with Gasteiger partial charge in [-0.3, -0.25) is 4.79 Å². The monoisotopic (exact) mass is 434 g/mol. The summed E-state index contributed by atoms with van der Waals surface area (Å²) >= 11 is 0. The molecule has 0 aromatic carbocycles. The minimum atomic E-state index is -6.60. The van der Waals surface area contributed by atoms with E-state index in [-0.39, 0.29) is 12.5 Å². The van der Waals surface area contributed by atoms with Gasteiger partial charge in [-0.2, -0.15) is 26.3 Å². The maximum absolute atomic E-state index is 11.5. The van der Waals surface area contributed by atoms with Crippen LogP contribution in [0.15, 0.2) is 25.2 Å². The molecule has 0 spiro atoms. The van der Waals surface area contributed by atoms with E-state index in [1.807, 2.05) is 22.2 Å². The number of carbonyl (C=O) groups excluding carboxylic acids is 1. The van der Waals surface area contributed by atoms with Crippen LogP contribution in [0.3, 0.4) is 0 Å². The maximum Gasteiger partial charge on any atom is 0.512 e. The molecular formula is C9H12F6N4O5S2. The summed E-state index contributed by atoms with van der Waals surface area (Å²) in [4.78, 5) is 14.1. The summed E-state index contributed by atoms with van der Waals surface area (Å²) in [5, 5.41) is 0. The van der Waals surface area contributed by atoms with Crippen molar-refractivity contribution in [3.05, 3.63) is 25.2 Å². The number of hydrogen-bond acceptors (Lipinski definition) is 7. The van der Waals surface area contributed by atoms with Crippen LogP contribution < -0.4 is 9.86 Å². The Kier molecular flexibility index (Phi) is 7.50. The molecule has 152 valence electrons. The van der Waals surface area contributed by atoms with Gasteiger partial charge in [0, 0.05) is 12.4 Å². The average molecular weight is 434 g/mol. The van der Waals surface area contributed by atoms with Crippen LogP contribution in [0.1, 0.15) is 0 Å². The Bertz CT molecular complexity index is 716. The van der Waals surface area contributed by atoms with Gasteiger partial charge in [-0.1, -0.05) is 10.7 Å². The number of primary amides is 1. The molecule has 3 N–H and O–H groups in total. The van der Waals surface area contributed by atoms with Gasteiger partial charge < -0.3 is 15.5 Å². The summed E-state index contributed by atoms with van der Waals surface area (Å²) in [5.41, 5.74) is -7.29. The number of amides is 1. The molecule has 0 aromatic heterocycles. The van der Waals surface area contributed by atoms with Crippen molar-refractivity contribution in [3.8, 4) is 0 Å². The quantitative estimate of drug-likeness (QED) is 0.580. The van der Waals surface area contributed by atoms with Crippen LogP contribution in [-0.4, -0.2) is 56.8 Å². The van der Waals surface area contributed by atoms with Gasteiger partial charge in [0.05, 0.1) is 13.2 Å². The van der Waals surface area contributed by atoms with E-state index < -0.39 is 35.2 Å². The normalized spacial score (nSPS) is 15.5. The second-order valence-electron chi connectivity index (χ2n) is 4.33. The number of hydrogen-bond donors (Lipinski definition) is 2. The van der Waals surface area contributed by atoms with Crippen LogP contribution in [0.25, 0.3) is 0 Å². The highest BCUT2D eigenvalue weighted by atomic mass is 32.3. The van der Waals surface area contributed by atoms with Crippen LogP contribution >= 0.6 is 0 Å². The molecule has 26 heavy (non-hydrogen) atoms. The lowest BCUT2D eigenvalue weighted by molar-refractivity contribution is -0.118. The van der Waals surface area contributed by atoms with E-state index >= 15 is 0 Å². The first-order chi connectivity index (χ1) is 11.4. The zero-order chi connectivity index (χ0) is 21.0. The molecule has 0 fully saturated rings. The van der Waals surface area contributed by atoms with Crippen LogP contribution in [-0.2, 0) is 24.8 Å². The lowest BCUT2D eigenvalue weighted by Crippen LogP contribution is -2.45. The number of nitrogens with two attached hydrogens (primary N) is 1. The third kappa shape index (κ3) is 7.08. The molecule has 0 radical (unpaired) electrons. The second kappa shape index (κ2) is 8.12. The Hall–Kier alpha value is -2.01. The van der Waals surface area contributed by atoms with E-state index in [0.29, 0.717) is 6.67 Å². The van der Waals surface area contributed by atoms with E-state index in [1.165, 1.54) is 0 Å². The van der Waals surface area contributed by atoms with E-state index in [9.17, 15) is 48.0 Å². The topological polar surface area (TPSA) is 130 Å². The highest BCUT2D eigenvalue weighted by Crippen LogP contribution is 2.27. The summed E-state index contributed by atoms with van der Waals surface area (Å²) in [5.74, 6) is -0.319. The molecule has 0 aliphatic carbocycles. The van der Waals surface area contributed by atoms with Crippen molar-refractivity contribution >= 4 is 26.0 Å². The minimum Gasteiger partial charge on any atom is -0.368 e. The molecule has 0 bridgehead atoms. The van der Waals surface area contributed by atoms with Gasteiger partial charge in [-0.25, -0.2) is 16.8 Å². The van der Waals surface area contributed by atoms with Gasteiger partial charge in [-0.15, -0.1) is 0 Å². The van der Waals surface area contributed by atoms with Crippen molar-refractivity contribution in [2.45, 2.75) is 11.0 Å². The number of alkyl halides is 6. The maximum atomic E-state index is 11.5. The number of carbonyl (C=O) groups is 1. The van der Waals surface area contributed by atoms with Crippen molar-refractivity contribution in [2.75, 3.05) is 13.2 Å². The predicted octanol–water partition coefficient (Wildman–Crippen LogP) is -0.0633. The first-order valence-corrected chi connectivity index (χ1v) is 8.89. The van der Waals surface area contributed by atoms with E-state index in [4.69, 9.17) is 5.73 Å². The van der Waals surface area contributed by atoms with Crippen molar-refractivity contribution in [1.29, 1.82) is 0 Å². The molecule has 17 heteroatoms. The van der Waals surface area contributed by atoms with E-state index in [1.54, 1.807) is 6.20 Å². The molecule has 1 heterocycles. The molecule has 0 unspecified atom stereocenters. The molecule has 1 amide bonds. The Balaban J connectivity index is 0.000000502. The minimum absolute atomic E-state index is 0.265. The fourth-order valence-corrected chi connectivity index (χ4v) is 3.06. The SMILES string of the molecule is C=CN1C=CN(CC(N)=O)C1.O=S(=O)(NS(=O)(=O)C(F)(F)F)C(F)(F)F. The molecule has 0 saturated heterocycles. The van der Waals surface area contributed by atoms with Crippen molar-refractivity contribution < 1.29 is 48.0 Å². The van der Waals surface area contributed by atoms with Gasteiger partial charge in [0.15, 0.2) is 0 Å². The van der Waals surface area contributed by atoms with Crippen molar-refractivity contribution in [3.63, 3.8) is 0 Å². The average Bonchev–Trinajstić information content (AvgIpc) is 2.82. The van der Waals surface area contributed by atoms with Gasteiger partial charge in [0.1, 0.15) is 0 Å². The second-order valence-corrected chi connectivity index (χ2v) is 7.94. The van der Waals surface area contributed by atoms with E-state index in [2.05, 4.69) is 6.58 Å². The molecule has 0 atom stereocenters. The van der Waals surface area contributed by atoms with Crippen LogP contribution in [0.4, 0.5) is 26.3 Å². The molecule has 1 aliphatic heterocycles. The molecule has 1 rings (SSSR count). The smallest absolute Gasteiger partial charge is 0.368 e. The Morgan fingerprint density at radius 3 is 1.77 bits per heavy atom. The molecule has 1 aliphatic rings. The van der Waals surface area contributed by atoms with Gasteiger partial charge in [-0.05, 0) is 6.20 Å². The van der Waals surface area contributed by atoms with Crippen molar-refractivity contribution in [2.24, 2.45) is 5.73 Å². The highest BCUT2D eigenvalue weighted by molar-refractivity contribution is 8.05. The first-order valence-electron chi connectivity index (χ1n) is 5.93. The summed E-state index contributed by atoms with van der Waals surface area (Å²) < 4.78 is 108. The zero-order valence-corrected chi connectivity index (χ0v) is 14.1. The summed E-state index contributed by atoms with van der Waals surface area (Å²) in [6, 6.07) is 0. The fourth-order valence-electron chi connectivity index (χ4n) is 1.14. The third-order valence-electron chi connectivity index (χ3n) is 2.24. The lowest BCUT2D eigenvalue weighted by atomic mass is 10.5. The van der Waals surface area contributed by atoms with Crippen LogP contribution in [0, 0.1) is 0 Å². The number of halogens is 6. The van der Waals surface area contributed by atoms with Gasteiger partial charge >= 0.3 is 31.1 Å². The highest BCUT2D eigenvalue weighted by Gasteiger charge is 2.55. The third-order valence-corrected chi connectivity index (χ3v) is 5.21. The largest absolute Gasteiger partial charge is 0.512 e. The molecular weight excluding hydrogens is 422 g/mol. The molecule has 0 aromatic rings. The Morgan fingerprint density at radius 1 is 1.08 bits per heavy atom. The van der Waals surface area contributed by atoms with Crippen molar-refractivity contribution in [1.82, 2.24) is 13.9 Å². The van der Waals surface area contributed by atoms with Crippen LogP contribution in [0.5, 0.6) is 0 Å². The predicted molar refractivity (Wildman–Crippen MR) is 75.0 cm³/mol. The first kappa shape index (κ1) is 24.0. The number of sulfonamides is 2. The molecule has 0 saturated carbocycles. The van der Waals surface area contributed by atoms with Gasteiger partial charge in [0.2, 0.25) is 5.91 Å². The van der Waals surface area contributed by atoms with E-state index in [0.717, 1.165) is 0 Å². The molecule has 9 nitrogen and oxygen atoms in total. The standard InChI is InChI=1S/C7H11N3O.C2HF6NO4S2/c1-2-9-3-4-10(6-9)5-7(8)11;3-1(4,5)14(10,11)9-15(12,13)2(6,7)8/h2-4H,1,5-6H2,(H2,8,11);9H. The van der Waals surface area contributed by atoms with Gasteiger partial charge in [0.25, 0.3) is 0 Å². The summed E-state index contributed by atoms with van der Waals surface area (Å²) in [6.45, 7) is 4.51. The summed E-state index contributed by atoms with van der Waals surface area (Å²) in [7, 11) is -13.2. The number of rotatable bonds is 5. The summed E-state index contributed by atoms with van der Waals surface area (Å²) in [6.07, 6.45) is 5.35. The van der Waals surface area contributed by atoms with Crippen LogP contribution in [0.2, 0.25) is 0 Å². The Morgan fingerprint density at radius 2 is 1.50 bits per heavy atom.